The highest BCUT2D eigenvalue weighted by Crippen LogP contribution is 2.34. The monoisotopic (exact) mass is 498 g/mol. The molecular weight excluding hydrogens is 477 g/mol. The summed E-state index contributed by atoms with van der Waals surface area (Å²) in [5.41, 5.74) is 4.44. The zero-order valence-corrected chi connectivity index (χ0v) is 19.1. The van der Waals surface area contributed by atoms with E-state index in [1.807, 2.05) is 13.0 Å². The number of carbonyl (C=O) groups excluding carboxylic acids is 2. The Morgan fingerprint density at radius 2 is 2.00 bits per heavy atom. The normalized spacial score (nSPS) is 13.7. The molecule has 0 saturated heterocycles. The first-order chi connectivity index (χ1) is 16.2. The predicted octanol–water partition coefficient (Wildman–Crippen LogP) is 1.68. The summed E-state index contributed by atoms with van der Waals surface area (Å²) in [6.45, 7) is 2.02. The fourth-order valence-corrected chi connectivity index (χ4v) is 4.69. The molecule has 0 aliphatic carbocycles. The summed E-state index contributed by atoms with van der Waals surface area (Å²) in [5, 5.41) is 7.71. The summed E-state index contributed by atoms with van der Waals surface area (Å²) in [7, 11) is 1.34. The number of hydrogen-bond acceptors (Lipinski definition) is 9. The molecule has 3 aromatic heterocycles. The minimum Gasteiger partial charge on any atom is -0.375 e. The molecule has 4 heterocycles. The number of alkyl halides is 3. The molecule has 0 spiro atoms. The van der Waals surface area contributed by atoms with Gasteiger partial charge in [-0.3, -0.25) is 20.4 Å². The van der Waals surface area contributed by atoms with Gasteiger partial charge < -0.3 is 14.2 Å². The van der Waals surface area contributed by atoms with Crippen LogP contribution in [0.25, 0.3) is 10.2 Å². The lowest BCUT2D eigenvalue weighted by molar-refractivity contribution is -0.147. The SMILES string of the molecule is CCCc1cc2c(N3CCn4c(nnc4C(F)(F)F)C3)nc(C(=O)NNC(=O)COC)nc2s1. The van der Waals surface area contributed by atoms with Gasteiger partial charge in [-0.2, -0.15) is 13.2 Å². The first-order valence-corrected chi connectivity index (χ1v) is 11.2. The number of aryl methyl sites for hydroxylation is 1. The Kier molecular flexibility index (Phi) is 6.65. The number of hydrogen-bond donors (Lipinski definition) is 2. The van der Waals surface area contributed by atoms with E-state index in [4.69, 9.17) is 4.74 Å². The zero-order chi connectivity index (χ0) is 24.5. The Bertz CT molecular complexity index is 1230. The van der Waals surface area contributed by atoms with Crippen molar-refractivity contribution in [3.05, 3.63) is 28.4 Å². The highest BCUT2D eigenvalue weighted by atomic mass is 32.1. The molecular formula is C19H21F3N8O3S. The lowest BCUT2D eigenvalue weighted by Crippen LogP contribution is -2.44. The van der Waals surface area contributed by atoms with Crippen molar-refractivity contribution in [3.63, 3.8) is 0 Å². The van der Waals surface area contributed by atoms with Crippen LogP contribution in [0.4, 0.5) is 19.0 Å². The third-order valence-electron chi connectivity index (χ3n) is 5.02. The molecule has 2 N–H and O–H groups in total. The van der Waals surface area contributed by atoms with Crippen LogP contribution in [0.5, 0.6) is 0 Å². The Morgan fingerprint density at radius 3 is 2.71 bits per heavy atom. The summed E-state index contributed by atoms with van der Waals surface area (Å²) in [4.78, 5) is 36.3. The average Bonchev–Trinajstić information content (AvgIpc) is 3.40. The number of thiophene rings is 1. The summed E-state index contributed by atoms with van der Waals surface area (Å²) < 4.78 is 45.3. The topological polar surface area (TPSA) is 127 Å². The van der Waals surface area contributed by atoms with E-state index in [1.165, 1.54) is 18.4 Å². The van der Waals surface area contributed by atoms with E-state index >= 15 is 0 Å². The molecule has 0 saturated carbocycles. The van der Waals surface area contributed by atoms with Gasteiger partial charge in [0.25, 0.3) is 5.91 Å². The van der Waals surface area contributed by atoms with Crippen molar-refractivity contribution in [1.29, 1.82) is 0 Å². The lowest BCUT2D eigenvalue weighted by Gasteiger charge is -2.29. The predicted molar refractivity (Wildman–Crippen MR) is 115 cm³/mol. The van der Waals surface area contributed by atoms with E-state index in [2.05, 4.69) is 31.0 Å². The lowest BCUT2D eigenvalue weighted by atomic mass is 10.2. The van der Waals surface area contributed by atoms with Crippen molar-refractivity contribution in [1.82, 2.24) is 35.6 Å². The smallest absolute Gasteiger partial charge is 0.375 e. The molecule has 1 aliphatic heterocycles. The number of methoxy groups -OCH3 is 1. The van der Waals surface area contributed by atoms with Crippen molar-refractivity contribution >= 4 is 39.2 Å². The quantitative estimate of drug-likeness (QED) is 0.492. The molecule has 0 fully saturated rings. The summed E-state index contributed by atoms with van der Waals surface area (Å²) >= 11 is 1.41. The molecule has 2 amide bonds. The summed E-state index contributed by atoms with van der Waals surface area (Å²) in [6, 6.07) is 1.93. The van der Waals surface area contributed by atoms with Crippen LogP contribution in [0.2, 0.25) is 0 Å². The van der Waals surface area contributed by atoms with E-state index in [0.29, 0.717) is 16.0 Å². The standard InChI is InChI=1S/C19H21F3N8O3S/c1-3-4-10-7-11-15(29-5-6-30-12(8-29)25-28-18(30)19(20,21)22)23-14(24-17(11)34-10)16(32)27-26-13(31)9-33-2/h7H,3-6,8-9H2,1-2H3,(H,26,31)(H,27,32). The minimum absolute atomic E-state index is 0.00321. The number of ether oxygens (including phenoxy) is 1. The van der Waals surface area contributed by atoms with Crippen LogP contribution >= 0.6 is 11.3 Å². The van der Waals surface area contributed by atoms with Gasteiger partial charge in [0.15, 0.2) is 5.82 Å². The van der Waals surface area contributed by atoms with Gasteiger partial charge in [0.1, 0.15) is 17.3 Å². The number of anilines is 1. The van der Waals surface area contributed by atoms with Gasteiger partial charge >= 0.3 is 12.1 Å². The Labute approximate surface area is 195 Å². The van der Waals surface area contributed by atoms with Crippen LogP contribution in [-0.2, 0) is 35.2 Å². The highest BCUT2D eigenvalue weighted by molar-refractivity contribution is 7.18. The number of carbonyl (C=O) groups is 2. The van der Waals surface area contributed by atoms with Gasteiger partial charge in [0, 0.05) is 25.1 Å². The molecule has 0 aromatic carbocycles. The van der Waals surface area contributed by atoms with Gasteiger partial charge in [-0.15, -0.1) is 21.5 Å². The van der Waals surface area contributed by atoms with Crippen molar-refractivity contribution in [2.45, 2.75) is 39.0 Å². The van der Waals surface area contributed by atoms with Gasteiger partial charge in [0.2, 0.25) is 11.6 Å². The second-order valence-corrected chi connectivity index (χ2v) is 8.61. The minimum atomic E-state index is -4.60. The van der Waals surface area contributed by atoms with Crippen molar-refractivity contribution < 1.29 is 27.5 Å². The van der Waals surface area contributed by atoms with E-state index in [-0.39, 0.29) is 37.9 Å². The van der Waals surface area contributed by atoms with Crippen LogP contribution in [0.15, 0.2) is 6.07 Å². The number of nitrogens with one attached hydrogen (secondary N) is 2. The van der Waals surface area contributed by atoms with Gasteiger partial charge in [-0.1, -0.05) is 13.3 Å². The molecule has 182 valence electrons. The number of nitrogens with zero attached hydrogens (tertiary/aromatic N) is 6. The first kappa shape index (κ1) is 23.8. The average molecular weight is 498 g/mol. The molecule has 0 bridgehead atoms. The number of aromatic nitrogens is 5. The number of halogens is 3. The maximum Gasteiger partial charge on any atom is 0.451 e. The van der Waals surface area contributed by atoms with E-state index in [0.717, 1.165) is 22.3 Å². The molecule has 4 rings (SSSR count). The summed E-state index contributed by atoms with van der Waals surface area (Å²) in [5.74, 6) is -1.98. The summed E-state index contributed by atoms with van der Waals surface area (Å²) in [6.07, 6.45) is -2.89. The molecule has 15 heteroatoms. The molecule has 0 unspecified atom stereocenters. The third-order valence-corrected chi connectivity index (χ3v) is 6.11. The van der Waals surface area contributed by atoms with E-state index in [1.54, 1.807) is 4.90 Å². The van der Waals surface area contributed by atoms with Crippen molar-refractivity contribution in [3.8, 4) is 0 Å². The van der Waals surface area contributed by atoms with Crippen LogP contribution in [-0.4, -0.2) is 56.8 Å². The molecule has 0 radical (unpaired) electrons. The van der Waals surface area contributed by atoms with Crippen LogP contribution < -0.4 is 15.8 Å². The Morgan fingerprint density at radius 1 is 1.21 bits per heavy atom. The molecule has 3 aromatic rings. The van der Waals surface area contributed by atoms with Crippen LogP contribution in [0, 0.1) is 0 Å². The fraction of sp³-hybridized carbons (Fsp3) is 0.474. The second-order valence-electron chi connectivity index (χ2n) is 7.50. The molecule has 11 nitrogen and oxygen atoms in total. The third kappa shape index (κ3) is 4.79. The maximum absolute atomic E-state index is 13.2. The largest absolute Gasteiger partial charge is 0.451 e. The van der Waals surface area contributed by atoms with E-state index < -0.39 is 23.8 Å². The van der Waals surface area contributed by atoms with Crippen LogP contribution in [0.1, 0.15) is 40.5 Å². The number of amides is 2. The zero-order valence-electron chi connectivity index (χ0n) is 18.3. The van der Waals surface area contributed by atoms with Gasteiger partial charge in [0.05, 0.1) is 11.9 Å². The first-order valence-electron chi connectivity index (χ1n) is 10.3. The molecule has 1 aliphatic rings. The fourth-order valence-electron chi connectivity index (χ4n) is 3.57. The van der Waals surface area contributed by atoms with E-state index in [9.17, 15) is 22.8 Å². The Hall–Kier alpha value is -3.33. The van der Waals surface area contributed by atoms with Crippen molar-refractivity contribution in [2.75, 3.05) is 25.2 Å². The highest BCUT2D eigenvalue weighted by Gasteiger charge is 2.39. The molecule has 34 heavy (non-hydrogen) atoms. The maximum atomic E-state index is 13.2. The number of hydrazine groups is 1. The van der Waals surface area contributed by atoms with Gasteiger partial charge in [-0.25, -0.2) is 9.97 Å². The number of fused-ring (bicyclic) bond motifs is 2. The number of rotatable bonds is 6. The van der Waals surface area contributed by atoms with Crippen LogP contribution in [0.3, 0.4) is 0 Å². The van der Waals surface area contributed by atoms with Crippen molar-refractivity contribution in [2.24, 2.45) is 0 Å². The Balaban J connectivity index is 1.67. The molecule has 0 atom stereocenters. The second kappa shape index (κ2) is 9.50. The van der Waals surface area contributed by atoms with Gasteiger partial charge in [-0.05, 0) is 12.5 Å².